The van der Waals surface area contributed by atoms with Gasteiger partial charge in [0.2, 0.25) is 0 Å². The molecule has 0 aliphatic carbocycles. The van der Waals surface area contributed by atoms with Gasteiger partial charge in [-0.05, 0) is 24.1 Å². The maximum atomic E-state index is 12.8. The van der Waals surface area contributed by atoms with Crippen LogP contribution in [0, 0.1) is 11.3 Å². The van der Waals surface area contributed by atoms with Crippen molar-refractivity contribution in [1.29, 1.82) is 5.26 Å². The molecule has 3 nitrogen and oxygen atoms in total. The summed E-state index contributed by atoms with van der Waals surface area (Å²) in [4.78, 5) is 12.8. The van der Waals surface area contributed by atoms with Gasteiger partial charge in [0.05, 0.1) is 13.2 Å². The molecule has 2 aromatic carbocycles. The van der Waals surface area contributed by atoms with E-state index in [0.29, 0.717) is 24.2 Å². The zero-order chi connectivity index (χ0) is 15.1. The van der Waals surface area contributed by atoms with E-state index in [2.05, 4.69) is 6.07 Å². The minimum Gasteiger partial charge on any atom is -0.497 e. The smallest absolute Gasteiger partial charge is 0.170 e. The van der Waals surface area contributed by atoms with Crippen LogP contribution < -0.4 is 4.74 Å². The zero-order valence-corrected chi connectivity index (χ0v) is 12.0. The highest BCUT2D eigenvalue weighted by Gasteiger charge is 2.21. The van der Waals surface area contributed by atoms with Gasteiger partial charge < -0.3 is 4.74 Å². The van der Waals surface area contributed by atoms with E-state index in [1.54, 1.807) is 25.3 Å². The van der Waals surface area contributed by atoms with Crippen molar-refractivity contribution >= 4 is 5.78 Å². The third-order valence-electron chi connectivity index (χ3n) is 3.42. The van der Waals surface area contributed by atoms with Gasteiger partial charge in [-0.2, -0.15) is 5.26 Å². The molecule has 2 rings (SSSR count). The molecule has 1 atom stereocenters. The fraction of sp³-hybridized carbons (Fsp3) is 0.222. The third kappa shape index (κ3) is 3.70. The molecule has 0 aliphatic heterocycles. The minimum atomic E-state index is -0.294. The lowest BCUT2D eigenvalue weighted by Crippen LogP contribution is -2.13. The number of benzene rings is 2. The van der Waals surface area contributed by atoms with Crippen LogP contribution >= 0.6 is 0 Å². The number of carbonyl (C=O) groups is 1. The van der Waals surface area contributed by atoms with Crippen molar-refractivity contribution in [3.63, 3.8) is 0 Å². The standard InChI is InChI=1S/C18H17NO2/c1-21-16-10-5-9-15(13-16)18(20)17(11-6-12-19)14-7-3-2-4-8-14/h2-5,7-10,13,17H,6,11H2,1H3/t17-/m1/s1. The van der Waals surface area contributed by atoms with Crippen LogP contribution in [0.3, 0.4) is 0 Å². The first-order chi connectivity index (χ1) is 10.3. The lowest BCUT2D eigenvalue weighted by Gasteiger charge is -2.15. The molecule has 21 heavy (non-hydrogen) atoms. The molecule has 0 fully saturated rings. The molecular weight excluding hydrogens is 262 g/mol. The molecule has 0 unspecified atom stereocenters. The summed E-state index contributed by atoms with van der Waals surface area (Å²) in [7, 11) is 1.58. The van der Waals surface area contributed by atoms with Gasteiger partial charge in [0.15, 0.2) is 5.78 Å². The SMILES string of the molecule is COc1cccc(C(=O)[C@H](CCC#N)c2ccccc2)c1. The summed E-state index contributed by atoms with van der Waals surface area (Å²) in [5.74, 6) is 0.390. The molecule has 0 saturated carbocycles. The van der Waals surface area contributed by atoms with Crippen molar-refractivity contribution in [2.45, 2.75) is 18.8 Å². The Hall–Kier alpha value is -2.60. The molecule has 0 bridgehead atoms. The number of carbonyl (C=O) groups excluding carboxylic acids is 1. The lowest BCUT2D eigenvalue weighted by atomic mass is 9.87. The van der Waals surface area contributed by atoms with E-state index in [9.17, 15) is 4.79 Å². The van der Waals surface area contributed by atoms with Crippen LogP contribution in [0.4, 0.5) is 0 Å². The molecule has 0 heterocycles. The Balaban J connectivity index is 2.32. The van der Waals surface area contributed by atoms with Crippen molar-refractivity contribution in [1.82, 2.24) is 0 Å². The van der Waals surface area contributed by atoms with Crippen LogP contribution in [0.2, 0.25) is 0 Å². The number of Topliss-reactive ketones (excluding diaryl/α,β-unsaturated/α-hetero) is 1. The highest BCUT2D eigenvalue weighted by Crippen LogP contribution is 2.27. The van der Waals surface area contributed by atoms with E-state index in [0.717, 1.165) is 5.56 Å². The number of hydrogen-bond acceptors (Lipinski definition) is 3. The van der Waals surface area contributed by atoms with Gasteiger partial charge in [0.1, 0.15) is 5.75 Å². The van der Waals surface area contributed by atoms with E-state index >= 15 is 0 Å². The number of rotatable bonds is 6. The molecule has 106 valence electrons. The Bertz CT molecular complexity index is 644. The van der Waals surface area contributed by atoms with Crippen LogP contribution in [0.5, 0.6) is 5.75 Å². The molecule has 0 amide bonds. The van der Waals surface area contributed by atoms with Gasteiger partial charge >= 0.3 is 0 Å². The second kappa shape index (κ2) is 7.25. The van der Waals surface area contributed by atoms with Crippen LogP contribution in [-0.4, -0.2) is 12.9 Å². The van der Waals surface area contributed by atoms with E-state index in [-0.39, 0.29) is 11.7 Å². The van der Waals surface area contributed by atoms with E-state index in [1.807, 2.05) is 36.4 Å². The Morgan fingerprint density at radius 2 is 1.95 bits per heavy atom. The normalized spacial score (nSPS) is 11.4. The molecule has 0 aliphatic rings. The van der Waals surface area contributed by atoms with Crippen molar-refractivity contribution in [2.75, 3.05) is 7.11 Å². The molecular formula is C18H17NO2. The topological polar surface area (TPSA) is 50.1 Å². The summed E-state index contributed by atoms with van der Waals surface area (Å²) < 4.78 is 5.17. The maximum Gasteiger partial charge on any atom is 0.170 e. The van der Waals surface area contributed by atoms with Gasteiger partial charge in [0.25, 0.3) is 0 Å². The Morgan fingerprint density at radius 1 is 1.19 bits per heavy atom. The number of nitriles is 1. The quantitative estimate of drug-likeness (QED) is 0.752. The number of nitrogens with zero attached hydrogens (tertiary/aromatic N) is 1. The molecule has 0 saturated heterocycles. The highest BCUT2D eigenvalue weighted by molar-refractivity contribution is 6.01. The fourth-order valence-electron chi connectivity index (χ4n) is 2.32. The Kier molecular flexibility index (Phi) is 5.11. The second-order valence-electron chi connectivity index (χ2n) is 4.76. The number of hydrogen-bond donors (Lipinski definition) is 0. The van der Waals surface area contributed by atoms with Crippen molar-refractivity contribution in [3.05, 3.63) is 65.7 Å². The first-order valence-electron chi connectivity index (χ1n) is 6.86. The molecule has 0 N–H and O–H groups in total. The predicted octanol–water partition coefficient (Wildman–Crippen LogP) is 3.97. The van der Waals surface area contributed by atoms with Gasteiger partial charge in [-0.15, -0.1) is 0 Å². The van der Waals surface area contributed by atoms with Crippen molar-refractivity contribution in [2.24, 2.45) is 0 Å². The fourth-order valence-corrected chi connectivity index (χ4v) is 2.32. The Labute approximate surface area is 124 Å². The summed E-state index contributed by atoms with van der Waals surface area (Å²) >= 11 is 0. The zero-order valence-electron chi connectivity index (χ0n) is 12.0. The van der Waals surface area contributed by atoms with Crippen LogP contribution in [-0.2, 0) is 0 Å². The highest BCUT2D eigenvalue weighted by atomic mass is 16.5. The maximum absolute atomic E-state index is 12.8. The van der Waals surface area contributed by atoms with Gasteiger partial charge in [0, 0.05) is 17.9 Å². The Morgan fingerprint density at radius 3 is 2.62 bits per heavy atom. The van der Waals surface area contributed by atoms with E-state index < -0.39 is 0 Å². The average Bonchev–Trinajstić information content (AvgIpc) is 2.56. The summed E-state index contributed by atoms with van der Waals surface area (Å²) in [5.41, 5.74) is 1.56. The number of ketones is 1. The molecule has 0 aromatic heterocycles. The van der Waals surface area contributed by atoms with Gasteiger partial charge in [-0.25, -0.2) is 0 Å². The first-order valence-corrected chi connectivity index (χ1v) is 6.86. The molecule has 0 spiro atoms. The molecule has 0 radical (unpaired) electrons. The lowest BCUT2D eigenvalue weighted by molar-refractivity contribution is 0.0955. The van der Waals surface area contributed by atoms with Crippen molar-refractivity contribution < 1.29 is 9.53 Å². The summed E-state index contributed by atoms with van der Waals surface area (Å²) in [6, 6.07) is 18.9. The third-order valence-corrected chi connectivity index (χ3v) is 3.42. The van der Waals surface area contributed by atoms with Crippen LogP contribution in [0.1, 0.15) is 34.7 Å². The van der Waals surface area contributed by atoms with Gasteiger partial charge in [-0.1, -0.05) is 42.5 Å². The van der Waals surface area contributed by atoms with Crippen LogP contribution in [0.15, 0.2) is 54.6 Å². The van der Waals surface area contributed by atoms with E-state index in [1.165, 1.54) is 0 Å². The number of methoxy groups -OCH3 is 1. The van der Waals surface area contributed by atoms with Gasteiger partial charge in [-0.3, -0.25) is 4.79 Å². The predicted molar refractivity (Wildman–Crippen MR) is 81.4 cm³/mol. The summed E-state index contributed by atoms with van der Waals surface area (Å²) in [5, 5.41) is 8.82. The van der Waals surface area contributed by atoms with Crippen molar-refractivity contribution in [3.8, 4) is 11.8 Å². The second-order valence-corrected chi connectivity index (χ2v) is 4.76. The summed E-state index contributed by atoms with van der Waals surface area (Å²) in [6.45, 7) is 0. The van der Waals surface area contributed by atoms with Crippen LogP contribution in [0.25, 0.3) is 0 Å². The molecule has 3 heteroatoms. The monoisotopic (exact) mass is 279 g/mol. The molecule has 2 aromatic rings. The number of ether oxygens (including phenoxy) is 1. The first kappa shape index (κ1) is 14.8. The average molecular weight is 279 g/mol. The van der Waals surface area contributed by atoms with E-state index in [4.69, 9.17) is 10.00 Å². The summed E-state index contributed by atoms with van der Waals surface area (Å²) in [6.07, 6.45) is 0.881. The minimum absolute atomic E-state index is 0.0235. The largest absolute Gasteiger partial charge is 0.497 e.